The number of halogens is 1. The van der Waals surface area contributed by atoms with Gasteiger partial charge in [-0.2, -0.15) is 0 Å². The van der Waals surface area contributed by atoms with Crippen LogP contribution in [0.3, 0.4) is 0 Å². The van der Waals surface area contributed by atoms with Crippen LogP contribution in [0.4, 0.5) is 0 Å². The second kappa shape index (κ2) is 8.40. The van der Waals surface area contributed by atoms with Gasteiger partial charge in [0, 0.05) is 25.6 Å². The van der Waals surface area contributed by atoms with Gasteiger partial charge in [0.15, 0.2) is 0 Å². The van der Waals surface area contributed by atoms with Gasteiger partial charge in [0.2, 0.25) is 5.91 Å². The highest BCUT2D eigenvalue weighted by molar-refractivity contribution is 5.85. The minimum absolute atomic E-state index is 0. The van der Waals surface area contributed by atoms with Crippen LogP contribution in [0.25, 0.3) is 0 Å². The minimum Gasteiger partial charge on any atom is -0.343 e. The summed E-state index contributed by atoms with van der Waals surface area (Å²) >= 11 is 0. The van der Waals surface area contributed by atoms with Crippen molar-refractivity contribution in [3.8, 4) is 0 Å². The molecule has 2 N–H and O–H groups in total. The molecule has 1 atom stereocenters. The maximum atomic E-state index is 12.2. The number of piperidine rings is 1. The van der Waals surface area contributed by atoms with E-state index in [2.05, 4.69) is 38.1 Å². The highest BCUT2D eigenvalue weighted by Gasteiger charge is 2.24. The zero-order valence-electron chi connectivity index (χ0n) is 13.0. The van der Waals surface area contributed by atoms with Gasteiger partial charge in [-0.3, -0.25) is 4.79 Å². The molecule has 2 rings (SSSR count). The van der Waals surface area contributed by atoms with Gasteiger partial charge in [-0.1, -0.05) is 29.8 Å². The van der Waals surface area contributed by atoms with Crippen LogP contribution >= 0.6 is 12.4 Å². The summed E-state index contributed by atoms with van der Waals surface area (Å²) in [6, 6.07) is 8.66. The maximum absolute atomic E-state index is 12.2. The van der Waals surface area contributed by atoms with Gasteiger partial charge in [-0.05, 0) is 44.6 Å². The SMILES string of the molecule is Cc1cccc(CCC(=O)N2CCC(C(C)N)CC2)c1.Cl. The molecule has 1 aliphatic rings. The number of carbonyl (C=O) groups excluding carboxylic acids is 1. The fourth-order valence-corrected chi connectivity index (χ4v) is 2.95. The molecule has 1 heterocycles. The first-order chi connectivity index (χ1) is 9.56. The Morgan fingerprint density at radius 3 is 2.62 bits per heavy atom. The normalized spacial score (nSPS) is 17.2. The van der Waals surface area contributed by atoms with E-state index in [0.717, 1.165) is 32.4 Å². The van der Waals surface area contributed by atoms with Crippen LogP contribution < -0.4 is 5.73 Å². The molecule has 4 heteroatoms. The van der Waals surface area contributed by atoms with Crippen molar-refractivity contribution >= 4 is 18.3 Å². The summed E-state index contributed by atoms with van der Waals surface area (Å²) < 4.78 is 0. The van der Waals surface area contributed by atoms with Crippen molar-refractivity contribution in [1.82, 2.24) is 4.90 Å². The maximum Gasteiger partial charge on any atom is 0.222 e. The summed E-state index contributed by atoms with van der Waals surface area (Å²) in [7, 11) is 0. The Bertz CT molecular complexity index is 454. The van der Waals surface area contributed by atoms with Gasteiger partial charge in [-0.25, -0.2) is 0 Å². The number of hydrogen-bond acceptors (Lipinski definition) is 2. The molecule has 1 amide bonds. The van der Waals surface area contributed by atoms with Crippen LogP contribution in [0.1, 0.15) is 37.3 Å². The number of aryl methyl sites for hydroxylation is 2. The van der Waals surface area contributed by atoms with E-state index in [1.165, 1.54) is 11.1 Å². The lowest BCUT2D eigenvalue weighted by molar-refractivity contribution is -0.132. The number of nitrogens with two attached hydrogens (primary N) is 1. The third-order valence-electron chi connectivity index (χ3n) is 4.35. The Hall–Kier alpha value is -1.06. The summed E-state index contributed by atoms with van der Waals surface area (Å²) in [5.41, 5.74) is 8.44. The van der Waals surface area contributed by atoms with Crippen LogP contribution in [-0.2, 0) is 11.2 Å². The number of hydrogen-bond donors (Lipinski definition) is 1. The molecule has 1 saturated heterocycles. The van der Waals surface area contributed by atoms with Crippen LogP contribution in [0.15, 0.2) is 24.3 Å². The summed E-state index contributed by atoms with van der Waals surface area (Å²) in [6.07, 6.45) is 3.56. The first-order valence-electron chi connectivity index (χ1n) is 7.65. The molecule has 0 aliphatic carbocycles. The van der Waals surface area contributed by atoms with E-state index in [-0.39, 0.29) is 24.4 Å². The number of nitrogens with zero attached hydrogens (tertiary/aromatic N) is 1. The van der Waals surface area contributed by atoms with Crippen LogP contribution in [0, 0.1) is 12.8 Å². The first kappa shape index (κ1) is 18.0. The first-order valence-corrected chi connectivity index (χ1v) is 7.65. The summed E-state index contributed by atoms with van der Waals surface area (Å²) in [5, 5.41) is 0. The third-order valence-corrected chi connectivity index (χ3v) is 4.35. The summed E-state index contributed by atoms with van der Waals surface area (Å²) in [5.74, 6) is 0.866. The third kappa shape index (κ3) is 5.33. The van der Waals surface area contributed by atoms with E-state index in [1.807, 2.05) is 4.90 Å². The van der Waals surface area contributed by atoms with Gasteiger partial charge in [0.25, 0.3) is 0 Å². The smallest absolute Gasteiger partial charge is 0.222 e. The lowest BCUT2D eigenvalue weighted by atomic mass is 9.91. The monoisotopic (exact) mass is 310 g/mol. The van der Waals surface area contributed by atoms with Gasteiger partial charge >= 0.3 is 0 Å². The fraction of sp³-hybridized carbons (Fsp3) is 0.588. The quantitative estimate of drug-likeness (QED) is 0.929. The predicted molar refractivity (Wildman–Crippen MR) is 89.7 cm³/mol. The van der Waals surface area contributed by atoms with Crippen molar-refractivity contribution in [3.63, 3.8) is 0 Å². The molecular weight excluding hydrogens is 284 g/mol. The zero-order valence-corrected chi connectivity index (χ0v) is 13.9. The molecule has 118 valence electrons. The lowest BCUT2D eigenvalue weighted by Crippen LogP contribution is -2.42. The van der Waals surface area contributed by atoms with Crippen LogP contribution in [0.2, 0.25) is 0 Å². The number of benzene rings is 1. The molecule has 3 nitrogen and oxygen atoms in total. The Morgan fingerprint density at radius 2 is 2.05 bits per heavy atom. The standard InChI is InChI=1S/C17H26N2O.ClH/c1-13-4-3-5-15(12-13)6-7-17(20)19-10-8-16(9-11-19)14(2)18;/h3-5,12,14,16H,6-11,18H2,1-2H3;1H. The molecule has 1 aliphatic heterocycles. The topological polar surface area (TPSA) is 46.3 Å². The molecule has 1 fully saturated rings. The van der Waals surface area contributed by atoms with E-state index < -0.39 is 0 Å². The Kier molecular flexibility index (Phi) is 7.20. The molecule has 0 bridgehead atoms. The summed E-state index contributed by atoms with van der Waals surface area (Å²) in [4.78, 5) is 14.2. The predicted octanol–water partition coefficient (Wildman–Crippen LogP) is 2.94. The fourth-order valence-electron chi connectivity index (χ4n) is 2.95. The van der Waals surface area contributed by atoms with Crippen molar-refractivity contribution < 1.29 is 4.79 Å². The number of amides is 1. The van der Waals surface area contributed by atoms with Crippen LogP contribution in [-0.4, -0.2) is 29.9 Å². The van der Waals surface area contributed by atoms with Gasteiger partial charge in [0.1, 0.15) is 0 Å². The van der Waals surface area contributed by atoms with E-state index in [4.69, 9.17) is 5.73 Å². The van der Waals surface area contributed by atoms with Crippen molar-refractivity contribution in [3.05, 3.63) is 35.4 Å². The second-order valence-electron chi connectivity index (χ2n) is 6.07. The summed E-state index contributed by atoms with van der Waals surface area (Å²) in [6.45, 7) is 5.90. The van der Waals surface area contributed by atoms with Crippen LogP contribution in [0.5, 0.6) is 0 Å². The number of rotatable bonds is 4. The van der Waals surface area contributed by atoms with Crippen molar-refractivity contribution in [1.29, 1.82) is 0 Å². The molecule has 0 spiro atoms. The molecule has 1 aromatic rings. The van der Waals surface area contributed by atoms with Gasteiger partial charge < -0.3 is 10.6 Å². The highest BCUT2D eigenvalue weighted by atomic mass is 35.5. The highest BCUT2D eigenvalue weighted by Crippen LogP contribution is 2.20. The molecule has 0 radical (unpaired) electrons. The number of carbonyl (C=O) groups is 1. The molecule has 0 aromatic heterocycles. The van der Waals surface area contributed by atoms with Crippen molar-refractivity contribution in [2.75, 3.05) is 13.1 Å². The van der Waals surface area contributed by atoms with Crippen molar-refractivity contribution in [2.24, 2.45) is 11.7 Å². The minimum atomic E-state index is 0. The zero-order chi connectivity index (χ0) is 14.5. The average molecular weight is 311 g/mol. The molecule has 1 unspecified atom stereocenters. The second-order valence-corrected chi connectivity index (χ2v) is 6.07. The molecule has 0 saturated carbocycles. The Labute approximate surface area is 134 Å². The Morgan fingerprint density at radius 1 is 1.38 bits per heavy atom. The van der Waals surface area contributed by atoms with Crippen molar-refractivity contribution in [2.45, 2.75) is 45.6 Å². The Balaban J connectivity index is 0.00000220. The number of likely N-dealkylation sites (tertiary alicyclic amines) is 1. The van der Waals surface area contributed by atoms with E-state index in [0.29, 0.717) is 12.3 Å². The largest absolute Gasteiger partial charge is 0.343 e. The lowest BCUT2D eigenvalue weighted by Gasteiger charge is -2.33. The molecular formula is C17H27ClN2O. The molecule has 1 aromatic carbocycles. The van der Waals surface area contributed by atoms with E-state index >= 15 is 0 Å². The van der Waals surface area contributed by atoms with E-state index in [1.54, 1.807) is 0 Å². The molecule has 21 heavy (non-hydrogen) atoms. The van der Waals surface area contributed by atoms with E-state index in [9.17, 15) is 4.79 Å². The average Bonchev–Trinajstić information content (AvgIpc) is 2.45. The van der Waals surface area contributed by atoms with Gasteiger partial charge in [0.05, 0.1) is 0 Å². The van der Waals surface area contributed by atoms with Gasteiger partial charge in [-0.15, -0.1) is 12.4 Å².